The van der Waals surface area contributed by atoms with Gasteiger partial charge in [0.2, 0.25) is 5.91 Å². The molecule has 1 saturated heterocycles. The van der Waals surface area contributed by atoms with Crippen molar-refractivity contribution in [3.05, 3.63) is 80.3 Å². The van der Waals surface area contributed by atoms with Gasteiger partial charge in [-0.05, 0) is 49.7 Å². The van der Waals surface area contributed by atoms with E-state index in [1.807, 2.05) is 0 Å². The summed E-state index contributed by atoms with van der Waals surface area (Å²) in [5.74, 6) is -3.23. The molecule has 9 nitrogen and oxygen atoms in total. The van der Waals surface area contributed by atoms with Crippen LogP contribution in [0.15, 0.2) is 48.5 Å². The Balaban J connectivity index is 1.64. The molecule has 1 aromatic heterocycles. The van der Waals surface area contributed by atoms with Crippen molar-refractivity contribution >= 4 is 57.9 Å². The minimum atomic E-state index is -1.71. The zero-order valence-corrected chi connectivity index (χ0v) is 22.0. The molecular weight excluding hydrogens is 535 g/mol. The van der Waals surface area contributed by atoms with E-state index in [1.54, 1.807) is 31.2 Å². The number of aryl methyl sites for hydroxylation is 1. The number of rotatable bonds is 7. The van der Waals surface area contributed by atoms with Crippen molar-refractivity contribution < 1.29 is 28.3 Å². The van der Waals surface area contributed by atoms with E-state index in [1.165, 1.54) is 30.0 Å². The third kappa shape index (κ3) is 5.40. The monoisotopic (exact) mass is 558 g/mol. The van der Waals surface area contributed by atoms with E-state index in [0.29, 0.717) is 9.90 Å². The van der Waals surface area contributed by atoms with Crippen LogP contribution in [0.2, 0.25) is 4.34 Å². The Morgan fingerprint density at radius 3 is 2.55 bits per heavy atom. The number of primary amides is 1. The quantitative estimate of drug-likeness (QED) is 0.408. The van der Waals surface area contributed by atoms with Crippen molar-refractivity contribution in [2.24, 2.45) is 5.73 Å². The van der Waals surface area contributed by atoms with Gasteiger partial charge in [-0.15, -0.1) is 11.3 Å². The first kappa shape index (κ1) is 27.2. The van der Waals surface area contributed by atoms with Crippen LogP contribution in [-0.4, -0.2) is 43.4 Å². The van der Waals surface area contributed by atoms with Crippen molar-refractivity contribution in [1.29, 1.82) is 0 Å². The summed E-state index contributed by atoms with van der Waals surface area (Å²) in [6, 6.07) is 11.8. The number of morpholine rings is 1. The summed E-state index contributed by atoms with van der Waals surface area (Å²) in [5.41, 5.74) is 5.10. The van der Waals surface area contributed by atoms with Gasteiger partial charge in [-0.1, -0.05) is 29.8 Å². The van der Waals surface area contributed by atoms with Crippen LogP contribution in [0.4, 0.5) is 15.8 Å². The van der Waals surface area contributed by atoms with Gasteiger partial charge in [-0.2, -0.15) is 0 Å². The van der Waals surface area contributed by atoms with Gasteiger partial charge in [0.25, 0.3) is 17.7 Å². The molecule has 0 saturated carbocycles. The second kappa shape index (κ2) is 10.9. The van der Waals surface area contributed by atoms with E-state index in [4.69, 9.17) is 22.1 Å². The third-order valence-electron chi connectivity index (χ3n) is 6.19. The molecule has 2 heterocycles. The van der Waals surface area contributed by atoms with Crippen molar-refractivity contribution in [3.63, 3.8) is 0 Å². The highest BCUT2D eigenvalue weighted by molar-refractivity contribution is 7.18. The lowest BCUT2D eigenvalue weighted by Crippen LogP contribution is -2.53. The Morgan fingerprint density at radius 2 is 1.92 bits per heavy atom. The molecule has 0 bridgehead atoms. The van der Waals surface area contributed by atoms with E-state index in [0.717, 1.165) is 17.4 Å². The van der Waals surface area contributed by atoms with Crippen LogP contribution < -0.4 is 21.3 Å². The number of nitrogens with two attached hydrogens (primary N) is 1. The molecule has 4 rings (SSSR count). The summed E-state index contributed by atoms with van der Waals surface area (Å²) < 4.78 is 20.4. The predicted molar refractivity (Wildman–Crippen MR) is 142 cm³/mol. The third-order valence-corrected chi connectivity index (χ3v) is 7.42. The van der Waals surface area contributed by atoms with Crippen LogP contribution in [0.5, 0.6) is 0 Å². The minimum Gasteiger partial charge on any atom is -0.370 e. The van der Waals surface area contributed by atoms with Crippen molar-refractivity contribution in [3.8, 4) is 0 Å². The molecule has 4 amide bonds. The Hall–Kier alpha value is -3.80. The summed E-state index contributed by atoms with van der Waals surface area (Å²) in [5, 5.41) is 5.38. The molecule has 0 spiro atoms. The van der Waals surface area contributed by atoms with E-state index in [2.05, 4.69) is 10.6 Å². The second-order valence-corrected chi connectivity index (χ2v) is 10.5. The summed E-state index contributed by atoms with van der Waals surface area (Å²) in [7, 11) is 0. The van der Waals surface area contributed by atoms with Crippen LogP contribution in [-0.2, 0) is 19.9 Å². The molecule has 3 aromatic rings. The first-order valence-electron chi connectivity index (χ1n) is 11.5. The number of hydrogen-bond donors (Lipinski definition) is 3. The number of para-hydroxylation sites is 1. The van der Waals surface area contributed by atoms with Crippen LogP contribution in [0.25, 0.3) is 0 Å². The molecular formula is C26H24ClFN4O5S. The maximum absolute atomic E-state index is 14.9. The lowest BCUT2D eigenvalue weighted by Gasteiger charge is -2.30. The zero-order chi connectivity index (χ0) is 27.6. The molecule has 4 N–H and O–H groups in total. The van der Waals surface area contributed by atoms with Gasteiger partial charge in [0.05, 0.1) is 27.2 Å². The molecule has 12 heteroatoms. The Bertz CT molecular complexity index is 1440. The van der Waals surface area contributed by atoms with Gasteiger partial charge in [0.15, 0.2) is 0 Å². The molecule has 0 aliphatic carbocycles. The van der Waals surface area contributed by atoms with Gasteiger partial charge in [-0.25, -0.2) is 4.39 Å². The van der Waals surface area contributed by atoms with Gasteiger partial charge in [-0.3, -0.25) is 19.2 Å². The summed E-state index contributed by atoms with van der Waals surface area (Å²) in [6.07, 6.45) is 0. The van der Waals surface area contributed by atoms with Crippen LogP contribution in [0.3, 0.4) is 0 Å². The fourth-order valence-electron chi connectivity index (χ4n) is 4.06. The smallest absolute Gasteiger partial charge is 0.262 e. The number of benzene rings is 2. The van der Waals surface area contributed by atoms with Crippen molar-refractivity contribution in [2.45, 2.75) is 19.4 Å². The zero-order valence-electron chi connectivity index (χ0n) is 20.5. The summed E-state index contributed by atoms with van der Waals surface area (Å²) in [6.45, 7) is 3.46. The molecule has 1 atom stereocenters. The maximum atomic E-state index is 14.9. The van der Waals surface area contributed by atoms with E-state index in [9.17, 15) is 23.6 Å². The summed E-state index contributed by atoms with van der Waals surface area (Å²) >= 11 is 6.97. The fraction of sp³-hybridized carbons (Fsp3) is 0.231. The highest BCUT2D eigenvalue weighted by Crippen LogP contribution is 2.33. The molecule has 1 aliphatic rings. The molecule has 1 aliphatic heterocycles. The molecule has 2 aromatic carbocycles. The summed E-state index contributed by atoms with van der Waals surface area (Å²) in [4.78, 5) is 52.3. The number of halogens is 2. The molecule has 198 valence electrons. The molecule has 1 unspecified atom stereocenters. The van der Waals surface area contributed by atoms with Gasteiger partial charge in [0, 0.05) is 17.7 Å². The van der Waals surface area contributed by atoms with Crippen LogP contribution in [0.1, 0.15) is 38.1 Å². The SMILES string of the molecule is Cc1cccc(C(C)(NC(=O)c2ccc(Cl)s2)C(N)=O)c1NC(=O)c1ccc(N2CCOCC2=O)c(F)c1. The van der Waals surface area contributed by atoms with E-state index in [-0.39, 0.29) is 53.0 Å². The van der Waals surface area contributed by atoms with Crippen molar-refractivity contribution in [1.82, 2.24) is 5.32 Å². The standard InChI is InChI=1S/C26H24ClFN4O5S/c1-14-4-3-5-16(26(2,25(29)36)31-24(35)19-8-9-20(27)38-19)22(14)30-23(34)15-6-7-18(17(28)12-15)32-10-11-37-13-21(32)33/h3-9,12H,10-11,13H2,1-2H3,(H2,29,36)(H,30,34)(H,31,35). The maximum Gasteiger partial charge on any atom is 0.262 e. The normalized spacial score (nSPS) is 15.1. The Labute approximate surface area is 226 Å². The number of anilines is 2. The number of thiophene rings is 1. The highest BCUT2D eigenvalue weighted by Gasteiger charge is 2.38. The average molecular weight is 559 g/mol. The number of ether oxygens (including phenoxy) is 1. The van der Waals surface area contributed by atoms with E-state index < -0.39 is 29.1 Å². The number of carbonyl (C=O) groups is 4. The predicted octanol–water partition coefficient (Wildman–Crippen LogP) is 3.60. The molecule has 0 radical (unpaired) electrons. The number of amides is 4. The number of nitrogens with one attached hydrogen (secondary N) is 2. The second-order valence-electron chi connectivity index (χ2n) is 8.76. The Kier molecular flexibility index (Phi) is 7.81. The first-order valence-corrected chi connectivity index (χ1v) is 12.7. The van der Waals surface area contributed by atoms with Gasteiger partial charge >= 0.3 is 0 Å². The van der Waals surface area contributed by atoms with Crippen LogP contribution in [0, 0.1) is 12.7 Å². The number of hydrogen-bond acceptors (Lipinski definition) is 6. The fourth-order valence-corrected chi connectivity index (χ4v) is 5.00. The lowest BCUT2D eigenvalue weighted by molar-refractivity contribution is -0.126. The average Bonchev–Trinajstić information content (AvgIpc) is 3.32. The van der Waals surface area contributed by atoms with Crippen LogP contribution >= 0.6 is 22.9 Å². The number of nitrogens with zero attached hydrogens (tertiary/aromatic N) is 1. The largest absolute Gasteiger partial charge is 0.370 e. The first-order chi connectivity index (χ1) is 18.0. The Morgan fingerprint density at radius 1 is 1.16 bits per heavy atom. The van der Waals surface area contributed by atoms with Gasteiger partial charge < -0.3 is 26.0 Å². The molecule has 38 heavy (non-hydrogen) atoms. The highest BCUT2D eigenvalue weighted by atomic mass is 35.5. The van der Waals surface area contributed by atoms with Gasteiger partial charge in [0.1, 0.15) is 18.0 Å². The van der Waals surface area contributed by atoms with E-state index >= 15 is 0 Å². The van der Waals surface area contributed by atoms with Crippen molar-refractivity contribution in [2.75, 3.05) is 30.0 Å². The minimum absolute atomic E-state index is 0.0146. The number of carbonyl (C=O) groups excluding carboxylic acids is 4. The topological polar surface area (TPSA) is 131 Å². The lowest BCUT2D eigenvalue weighted by atomic mass is 9.87. The molecule has 1 fully saturated rings.